The molecule has 2 rings (SSSR count). The normalized spacial score (nSPS) is 10.4. The molecule has 0 saturated carbocycles. The van der Waals surface area contributed by atoms with Crippen molar-refractivity contribution >= 4 is 23.0 Å². The Morgan fingerprint density at radius 2 is 1.89 bits per heavy atom. The van der Waals surface area contributed by atoms with E-state index in [0.29, 0.717) is 0 Å². The van der Waals surface area contributed by atoms with Crippen molar-refractivity contribution in [2.75, 3.05) is 17.7 Å². The molecule has 0 aliphatic rings. The Morgan fingerprint density at radius 1 is 1.17 bits per heavy atom. The van der Waals surface area contributed by atoms with Gasteiger partial charge in [0.2, 0.25) is 0 Å². The third-order valence-electron chi connectivity index (χ3n) is 2.96. The van der Waals surface area contributed by atoms with Gasteiger partial charge in [0, 0.05) is 18.6 Å². The van der Waals surface area contributed by atoms with Crippen LogP contribution in [0.1, 0.15) is 11.1 Å². The van der Waals surface area contributed by atoms with Crippen molar-refractivity contribution < 1.29 is 0 Å². The first-order chi connectivity index (χ1) is 8.58. The van der Waals surface area contributed by atoms with E-state index in [9.17, 15) is 0 Å². The Bertz CT molecular complexity index is 552. The predicted molar refractivity (Wildman–Crippen MR) is 79.2 cm³/mol. The number of nitrogens with two attached hydrogens (primary N) is 1. The first-order valence-electron chi connectivity index (χ1n) is 5.88. The van der Waals surface area contributed by atoms with E-state index in [0.717, 1.165) is 28.5 Å². The van der Waals surface area contributed by atoms with Gasteiger partial charge in [-0.2, -0.15) is 0 Å². The summed E-state index contributed by atoms with van der Waals surface area (Å²) in [4.78, 5) is 2.11. The number of benzene rings is 2. The van der Waals surface area contributed by atoms with Gasteiger partial charge in [-0.3, -0.25) is 0 Å². The van der Waals surface area contributed by atoms with Crippen LogP contribution >= 0.6 is 11.6 Å². The van der Waals surface area contributed by atoms with Gasteiger partial charge in [0.15, 0.2) is 0 Å². The number of nitrogen functional groups attached to an aromatic ring is 1. The van der Waals surface area contributed by atoms with Crippen LogP contribution in [0.25, 0.3) is 0 Å². The minimum atomic E-state index is 0.743. The molecule has 0 aliphatic heterocycles. The zero-order chi connectivity index (χ0) is 13.1. The van der Waals surface area contributed by atoms with E-state index in [-0.39, 0.29) is 0 Å². The molecule has 0 aliphatic carbocycles. The minimum absolute atomic E-state index is 0.743. The maximum Gasteiger partial charge on any atom is 0.0603 e. The zero-order valence-electron chi connectivity index (χ0n) is 10.7. The Morgan fingerprint density at radius 3 is 2.61 bits per heavy atom. The summed E-state index contributed by atoms with van der Waals surface area (Å²) in [7, 11) is 2.02. The van der Waals surface area contributed by atoms with Crippen molar-refractivity contribution in [2.45, 2.75) is 13.5 Å². The predicted octanol–water partition coefficient (Wildman–Crippen LogP) is 3.87. The number of nitrogens with zero attached hydrogens (tertiary/aromatic N) is 1. The molecule has 2 N–H and O–H groups in total. The molecule has 2 nitrogen and oxygen atoms in total. The average Bonchev–Trinajstić information content (AvgIpc) is 2.35. The molecule has 0 bridgehead atoms. The van der Waals surface area contributed by atoms with E-state index < -0.39 is 0 Å². The first-order valence-corrected chi connectivity index (χ1v) is 6.26. The molecular weight excluding hydrogens is 244 g/mol. The maximum absolute atomic E-state index is 6.17. The molecule has 0 heterocycles. The lowest BCUT2D eigenvalue weighted by atomic mass is 10.1. The fourth-order valence-electron chi connectivity index (χ4n) is 1.95. The second-order valence-corrected chi connectivity index (χ2v) is 4.92. The number of rotatable bonds is 3. The quantitative estimate of drug-likeness (QED) is 0.849. The van der Waals surface area contributed by atoms with Crippen LogP contribution in [0.2, 0.25) is 5.02 Å². The van der Waals surface area contributed by atoms with Crippen LogP contribution in [0.5, 0.6) is 0 Å². The highest BCUT2D eigenvalue weighted by molar-refractivity contribution is 6.31. The molecule has 3 heteroatoms. The molecular formula is C15H17ClN2. The van der Waals surface area contributed by atoms with Gasteiger partial charge in [0.25, 0.3) is 0 Å². The van der Waals surface area contributed by atoms with Crippen LogP contribution < -0.4 is 10.6 Å². The third-order valence-corrected chi connectivity index (χ3v) is 3.33. The van der Waals surface area contributed by atoms with Gasteiger partial charge in [-0.1, -0.05) is 35.9 Å². The maximum atomic E-state index is 6.17. The van der Waals surface area contributed by atoms with E-state index in [1.54, 1.807) is 0 Å². The Hall–Kier alpha value is -1.67. The molecule has 18 heavy (non-hydrogen) atoms. The Labute approximate surface area is 113 Å². The van der Waals surface area contributed by atoms with Gasteiger partial charge in [0.1, 0.15) is 0 Å². The van der Waals surface area contributed by atoms with Crippen LogP contribution in [0, 0.1) is 6.92 Å². The summed E-state index contributed by atoms with van der Waals surface area (Å²) < 4.78 is 0. The Kier molecular flexibility index (Phi) is 3.78. The fourth-order valence-corrected chi connectivity index (χ4v) is 2.15. The third kappa shape index (κ3) is 2.77. The second kappa shape index (κ2) is 5.32. The van der Waals surface area contributed by atoms with Crippen molar-refractivity contribution in [1.29, 1.82) is 0 Å². The number of hydrogen-bond donors (Lipinski definition) is 1. The summed E-state index contributed by atoms with van der Waals surface area (Å²) in [5.74, 6) is 0. The van der Waals surface area contributed by atoms with E-state index in [4.69, 9.17) is 17.3 Å². The number of aryl methyl sites for hydroxylation is 1. The number of hydrogen-bond acceptors (Lipinski definition) is 2. The molecule has 2 aromatic rings. The van der Waals surface area contributed by atoms with Crippen LogP contribution in [-0.2, 0) is 6.54 Å². The highest BCUT2D eigenvalue weighted by Crippen LogP contribution is 2.26. The molecule has 94 valence electrons. The van der Waals surface area contributed by atoms with Crippen molar-refractivity contribution in [3.05, 3.63) is 58.6 Å². The van der Waals surface area contributed by atoms with Crippen LogP contribution in [0.4, 0.5) is 11.4 Å². The van der Waals surface area contributed by atoms with Gasteiger partial charge in [-0.05, 0) is 36.2 Å². The lowest BCUT2D eigenvalue weighted by Crippen LogP contribution is -2.18. The van der Waals surface area contributed by atoms with Crippen molar-refractivity contribution in [2.24, 2.45) is 0 Å². The Balaban J connectivity index is 2.25. The van der Waals surface area contributed by atoms with Crippen LogP contribution in [0.3, 0.4) is 0 Å². The molecule has 2 aromatic carbocycles. The van der Waals surface area contributed by atoms with Crippen molar-refractivity contribution in [3.8, 4) is 0 Å². The lowest BCUT2D eigenvalue weighted by molar-refractivity contribution is 0.924. The topological polar surface area (TPSA) is 29.3 Å². The monoisotopic (exact) mass is 260 g/mol. The highest BCUT2D eigenvalue weighted by atomic mass is 35.5. The number of anilines is 2. The summed E-state index contributed by atoms with van der Waals surface area (Å²) in [6, 6.07) is 13.9. The van der Waals surface area contributed by atoms with E-state index in [1.165, 1.54) is 5.56 Å². The number of halogens is 1. The average molecular weight is 261 g/mol. The molecule has 0 amide bonds. The van der Waals surface area contributed by atoms with E-state index in [2.05, 4.69) is 17.9 Å². The molecule has 0 aromatic heterocycles. The largest absolute Gasteiger partial charge is 0.397 e. The SMILES string of the molecule is Cc1ccc(N)c(N(C)Cc2ccccc2Cl)c1. The van der Waals surface area contributed by atoms with Gasteiger partial charge in [-0.15, -0.1) is 0 Å². The van der Waals surface area contributed by atoms with Crippen molar-refractivity contribution in [1.82, 2.24) is 0 Å². The molecule has 0 fully saturated rings. The van der Waals surface area contributed by atoms with Crippen molar-refractivity contribution in [3.63, 3.8) is 0 Å². The summed E-state index contributed by atoms with van der Waals surface area (Å²) in [6.45, 7) is 2.81. The molecule has 0 unspecified atom stereocenters. The van der Waals surface area contributed by atoms with E-state index >= 15 is 0 Å². The van der Waals surface area contributed by atoms with Crippen LogP contribution in [-0.4, -0.2) is 7.05 Å². The summed E-state index contributed by atoms with van der Waals surface area (Å²) in [6.07, 6.45) is 0. The van der Waals surface area contributed by atoms with Crippen LogP contribution in [0.15, 0.2) is 42.5 Å². The highest BCUT2D eigenvalue weighted by Gasteiger charge is 2.08. The fraction of sp³-hybridized carbons (Fsp3) is 0.200. The van der Waals surface area contributed by atoms with E-state index in [1.807, 2.05) is 43.4 Å². The van der Waals surface area contributed by atoms with Gasteiger partial charge in [0.05, 0.1) is 11.4 Å². The smallest absolute Gasteiger partial charge is 0.0603 e. The van der Waals surface area contributed by atoms with Gasteiger partial charge < -0.3 is 10.6 Å². The lowest BCUT2D eigenvalue weighted by Gasteiger charge is -2.22. The van der Waals surface area contributed by atoms with Gasteiger partial charge in [-0.25, -0.2) is 0 Å². The molecule has 0 atom stereocenters. The van der Waals surface area contributed by atoms with Gasteiger partial charge >= 0.3 is 0 Å². The molecule has 0 spiro atoms. The molecule has 0 radical (unpaired) electrons. The summed E-state index contributed by atoms with van der Waals surface area (Å²) >= 11 is 6.17. The minimum Gasteiger partial charge on any atom is -0.397 e. The zero-order valence-corrected chi connectivity index (χ0v) is 11.4. The first kappa shape index (κ1) is 12.8. The standard InChI is InChI=1S/C15H17ClN2/c1-11-7-8-14(17)15(9-11)18(2)10-12-5-3-4-6-13(12)16/h3-9H,10,17H2,1-2H3. The molecule has 0 saturated heterocycles. The summed E-state index contributed by atoms with van der Waals surface area (Å²) in [5.41, 5.74) is 10.1. The summed E-state index contributed by atoms with van der Waals surface area (Å²) in [5, 5.41) is 0.788. The second-order valence-electron chi connectivity index (χ2n) is 4.51.